The molecule has 2 nitrogen and oxygen atoms in total. The zero-order chi connectivity index (χ0) is 11.1. The maximum atomic E-state index is 5.50. The molecule has 0 atom stereocenters. The molecule has 0 radical (unpaired) electrons. The first kappa shape index (κ1) is 9.28. The number of para-hydroxylation sites is 1. The Morgan fingerprint density at radius 3 is 2.62 bits per heavy atom. The van der Waals surface area contributed by atoms with Crippen molar-refractivity contribution in [2.24, 2.45) is 0 Å². The number of hydrogen-bond donors (Lipinski definition) is 1. The minimum atomic E-state index is 0.968. The summed E-state index contributed by atoms with van der Waals surface area (Å²) in [5.74, 6) is 0.968. The van der Waals surface area contributed by atoms with Crippen LogP contribution < -0.4 is 4.74 Å². The van der Waals surface area contributed by atoms with Crippen molar-refractivity contribution in [2.45, 2.75) is 6.92 Å². The normalized spacial score (nSPS) is 11.1. The third-order valence-corrected chi connectivity index (χ3v) is 3.02. The number of rotatable bonds is 1. The van der Waals surface area contributed by atoms with E-state index in [4.69, 9.17) is 4.74 Å². The van der Waals surface area contributed by atoms with E-state index in [0.29, 0.717) is 0 Å². The van der Waals surface area contributed by atoms with Crippen LogP contribution in [-0.4, -0.2) is 12.1 Å². The molecule has 1 heterocycles. The summed E-state index contributed by atoms with van der Waals surface area (Å²) in [7, 11) is 1.73. The van der Waals surface area contributed by atoms with Crippen LogP contribution in [0.3, 0.4) is 0 Å². The van der Waals surface area contributed by atoms with Crippen molar-refractivity contribution in [2.75, 3.05) is 7.11 Å². The van der Waals surface area contributed by atoms with Crippen LogP contribution in [0.25, 0.3) is 21.8 Å². The van der Waals surface area contributed by atoms with Gasteiger partial charge in [0.25, 0.3) is 0 Å². The quantitative estimate of drug-likeness (QED) is 0.653. The molecule has 0 spiro atoms. The molecule has 2 heteroatoms. The average molecular weight is 211 g/mol. The largest absolute Gasteiger partial charge is 0.496 e. The van der Waals surface area contributed by atoms with Gasteiger partial charge < -0.3 is 9.72 Å². The maximum Gasteiger partial charge on any atom is 0.131 e. The first-order valence-electron chi connectivity index (χ1n) is 5.35. The maximum absolute atomic E-state index is 5.50. The molecule has 2 aromatic carbocycles. The molecule has 0 unspecified atom stereocenters. The Hall–Kier alpha value is -1.96. The molecule has 3 aromatic rings. The molecular weight excluding hydrogens is 198 g/mol. The molecule has 16 heavy (non-hydrogen) atoms. The van der Waals surface area contributed by atoms with Gasteiger partial charge in [0.2, 0.25) is 0 Å². The standard InChI is InChI=1S/C14H13NO/c1-9-7-8-12-13(14(9)16-2)10-5-3-4-6-11(10)15-12/h3-8,15H,1-2H3. The average Bonchev–Trinajstić information content (AvgIpc) is 2.68. The summed E-state index contributed by atoms with van der Waals surface area (Å²) in [5, 5.41) is 2.40. The van der Waals surface area contributed by atoms with E-state index < -0.39 is 0 Å². The Morgan fingerprint density at radius 1 is 1.00 bits per heavy atom. The molecule has 0 aliphatic rings. The van der Waals surface area contributed by atoms with Crippen LogP contribution in [0, 0.1) is 6.92 Å². The summed E-state index contributed by atoms with van der Waals surface area (Å²) in [6, 6.07) is 12.5. The lowest BCUT2D eigenvalue weighted by Gasteiger charge is -2.05. The monoisotopic (exact) mass is 211 g/mol. The number of aromatic nitrogens is 1. The first-order valence-corrected chi connectivity index (χ1v) is 5.35. The van der Waals surface area contributed by atoms with E-state index in [1.54, 1.807) is 7.11 Å². The molecule has 0 aliphatic heterocycles. The Kier molecular flexibility index (Phi) is 1.90. The number of fused-ring (bicyclic) bond motifs is 3. The number of nitrogens with one attached hydrogen (secondary N) is 1. The molecular formula is C14H13NO. The zero-order valence-corrected chi connectivity index (χ0v) is 9.37. The highest BCUT2D eigenvalue weighted by atomic mass is 16.5. The van der Waals surface area contributed by atoms with E-state index in [9.17, 15) is 0 Å². The van der Waals surface area contributed by atoms with Crippen LogP contribution >= 0.6 is 0 Å². The molecule has 0 aliphatic carbocycles. The second-order valence-electron chi connectivity index (χ2n) is 4.01. The summed E-state index contributed by atoms with van der Waals surface area (Å²) >= 11 is 0. The number of benzene rings is 2. The molecule has 0 saturated heterocycles. The number of hydrogen-bond acceptors (Lipinski definition) is 1. The van der Waals surface area contributed by atoms with Crippen molar-refractivity contribution in [1.29, 1.82) is 0 Å². The van der Waals surface area contributed by atoms with Gasteiger partial charge in [0.1, 0.15) is 5.75 Å². The summed E-state index contributed by atoms with van der Waals surface area (Å²) < 4.78 is 5.50. The predicted molar refractivity (Wildman–Crippen MR) is 67.1 cm³/mol. The fourth-order valence-corrected chi connectivity index (χ4v) is 2.28. The third-order valence-electron chi connectivity index (χ3n) is 3.02. The Morgan fingerprint density at radius 2 is 1.81 bits per heavy atom. The molecule has 3 rings (SSSR count). The minimum Gasteiger partial charge on any atom is -0.496 e. The lowest BCUT2D eigenvalue weighted by molar-refractivity contribution is 0.417. The Bertz CT molecular complexity index is 667. The van der Waals surface area contributed by atoms with Gasteiger partial charge in [-0.2, -0.15) is 0 Å². The molecule has 80 valence electrons. The molecule has 1 aromatic heterocycles. The lowest BCUT2D eigenvalue weighted by Crippen LogP contribution is -1.87. The van der Waals surface area contributed by atoms with Crippen molar-refractivity contribution in [3.8, 4) is 5.75 Å². The lowest BCUT2D eigenvalue weighted by atomic mass is 10.1. The van der Waals surface area contributed by atoms with E-state index in [0.717, 1.165) is 16.8 Å². The number of methoxy groups -OCH3 is 1. The summed E-state index contributed by atoms with van der Waals surface area (Å²) in [4.78, 5) is 3.40. The minimum absolute atomic E-state index is 0.968. The first-order chi connectivity index (χ1) is 7.81. The highest BCUT2D eigenvalue weighted by Crippen LogP contribution is 2.35. The van der Waals surface area contributed by atoms with Gasteiger partial charge in [-0.25, -0.2) is 0 Å². The van der Waals surface area contributed by atoms with Crippen LogP contribution in [-0.2, 0) is 0 Å². The van der Waals surface area contributed by atoms with E-state index in [2.05, 4.69) is 42.2 Å². The van der Waals surface area contributed by atoms with Crippen LogP contribution in [0.5, 0.6) is 5.75 Å². The van der Waals surface area contributed by atoms with Crippen molar-refractivity contribution in [3.05, 3.63) is 42.0 Å². The van der Waals surface area contributed by atoms with E-state index >= 15 is 0 Å². The van der Waals surface area contributed by atoms with Gasteiger partial charge in [0.05, 0.1) is 12.6 Å². The van der Waals surface area contributed by atoms with Gasteiger partial charge >= 0.3 is 0 Å². The van der Waals surface area contributed by atoms with Gasteiger partial charge in [0, 0.05) is 16.3 Å². The molecule has 1 N–H and O–H groups in total. The Balaban J connectivity index is 2.57. The van der Waals surface area contributed by atoms with Crippen LogP contribution in [0.4, 0.5) is 0 Å². The van der Waals surface area contributed by atoms with Crippen molar-refractivity contribution in [3.63, 3.8) is 0 Å². The highest BCUT2D eigenvalue weighted by Gasteiger charge is 2.10. The number of ether oxygens (including phenoxy) is 1. The second kappa shape index (κ2) is 3.27. The third kappa shape index (κ3) is 1.13. The van der Waals surface area contributed by atoms with Crippen LogP contribution in [0.1, 0.15) is 5.56 Å². The van der Waals surface area contributed by atoms with Gasteiger partial charge in [0.15, 0.2) is 0 Å². The van der Waals surface area contributed by atoms with Gasteiger partial charge in [-0.1, -0.05) is 24.3 Å². The Labute approximate surface area is 93.8 Å². The summed E-state index contributed by atoms with van der Waals surface area (Å²) in [6.45, 7) is 2.07. The van der Waals surface area contributed by atoms with E-state index in [-0.39, 0.29) is 0 Å². The van der Waals surface area contributed by atoms with Crippen LogP contribution in [0.2, 0.25) is 0 Å². The molecule has 0 saturated carbocycles. The van der Waals surface area contributed by atoms with E-state index in [1.165, 1.54) is 16.3 Å². The van der Waals surface area contributed by atoms with Crippen molar-refractivity contribution >= 4 is 21.8 Å². The number of H-pyrrole nitrogens is 1. The second-order valence-corrected chi connectivity index (χ2v) is 4.01. The number of aryl methyl sites for hydroxylation is 1. The smallest absolute Gasteiger partial charge is 0.131 e. The summed E-state index contributed by atoms with van der Waals surface area (Å²) in [5.41, 5.74) is 3.45. The topological polar surface area (TPSA) is 25.0 Å². The highest BCUT2D eigenvalue weighted by molar-refractivity contribution is 6.10. The fourth-order valence-electron chi connectivity index (χ4n) is 2.28. The summed E-state index contributed by atoms with van der Waals surface area (Å²) in [6.07, 6.45) is 0. The molecule has 0 amide bonds. The van der Waals surface area contributed by atoms with Crippen molar-refractivity contribution < 1.29 is 4.74 Å². The molecule has 0 bridgehead atoms. The molecule has 0 fully saturated rings. The fraction of sp³-hybridized carbons (Fsp3) is 0.143. The van der Waals surface area contributed by atoms with Gasteiger partial charge in [-0.05, 0) is 24.6 Å². The predicted octanol–water partition coefficient (Wildman–Crippen LogP) is 3.64. The zero-order valence-electron chi connectivity index (χ0n) is 9.37. The SMILES string of the molecule is COc1c(C)ccc2[nH]c3ccccc3c12. The van der Waals surface area contributed by atoms with Gasteiger partial charge in [-0.15, -0.1) is 0 Å². The number of aromatic amines is 1. The van der Waals surface area contributed by atoms with E-state index in [1.807, 2.05) is 6.07 Å². The van der Waals surface area contributed by atoms with Gasteiger partial charge in [-0.3, -0.25) is 0 Å². The van der Waals surface area contributed by atoms with Crippen molar-refractivity contribution in [1.82, 2.24) is 4.98 Å². The van der Waals surface area contributed by atoms with Crippen LogP contribution in [0.15, 0.2) is 36.4 Å².